The highest BCUT2D eigenvalue weighted by Crippen LogP contribution is 2.24. The molecule has 3 aromatic rings. The average molecular weight is 353 g/mol. The SMILES string of the molecule is Cc1cc(C=Cc2cnc(C(=O)Oc3ccncn3)s2)cc(C)c1O. The van der Waals surface area contributed by atoms with Crippen LogP contribution in [0, 0.1) is 13.8 Å². The maximum atomic E-state index is 12.0. The zero-order valence-electron chi connectivity index (χ0n) is 13.6. The molecule has 0 bridgehead atoms. The Kier molecular flexibility index (Phi) is 4.85. The molecular formula is C18H15N3O3S. The van der Waals surface area contributed by atoms with Crippen LogP contribution in [0.2, 0.25) is 0 Å². The summed E-state index contributed by atoms with van der Waals surface area (Å²) in [6, 6.07) is 5.29. The van der Waals surface area contributed by atoms with Gasteiger partial charge in [0.2, 0.25) is 10.9 Å². The van der Waals surface area contributed by atoms with E-state index in [-0.39, 0.29) is 10.9 Å². The van der Waals surface area contributed by atoms with Crippen molar-refractivity contribution in [3.8, 4) is 11.6 Å². The fourth-order valence-electron chi connectivity index (χ4n) is 2.20. The molecule has 0 amide bonds. The van der Waals surface area contributed by atoms with E-state index in [0.717, 1.165) is 21.6 Å². The van der Waals surface area contributed by atoms with Gasteiger partial charge >= 0.3 is 5.97 Å². The molecule has 0 aliphatic rings. The third-order valence-corrected chi connectivity index (χ3v) is 4.35. The van der Waals surface area contributed by atoms with Crippen LogP contribution in [0.1, 0.15) is 31.4 Å². The van der Waals surface area contributed by atoms with E-state index in [4.69, 9.17) is 4.74 Å². The van der Waals surface area contributed by atoms with Gasteiger partial charge in [0.05, 0.1) is 0 Å². The maximum absolute atomic E-state index is 12.0. The van der Waals surface area contributed by atoms with E-state index >= 15 is 0 Å². The molecule has 25 heavy (non-hydrogen) atoms. The number of carbonyl (C=O) groups excluding carboxylic acids is 1. The number of hydrogen-bond donors (Lipinski definition) is 1. The number of hydrogen-bond acceptors (Lipinski definition) is 7. The van der Waals surface area contributed by atoms with Gasteiger partial charge in [0.1, 0.15) is 12.1 Å². The van der Waals surface area contributed by atoms with Gasteiger partial charge in [-0.3, -0.25) is 0 Å². The van der Waals surface area contributed by atoms with E-state index in [1.165, 1.54) is 29.9 Å². The predicted octanol–water partition coefficient (Wildman–Crippen LogP) is 3.65. The molecule has 0 aliphatic heterocycles. The fourth-order valence-corrected chi connectivity index (χ4v) is 2.89. The number of carbonyl (C=O) groups is 1. The van der Waals surface area contributed by atoms with Crippen LogP contribution < -0.4 is 4.74 Å². The van der Waals surface area contributed by atoms with Crippen molar-refractivity contribution in [3.05, 3.63) is 63.5 Å². The van der Waals surface area contributed by atoms with Gasteiger partial charge in [-0.1, -0.05) is 6.08 Å². The Morgan fingerprint density at radius 3 is 2.64 bits per heavy atom. The molecule has 0 saturated heterocycles. The lowest BCUT2D eigenvalue weighted by atomic mass is 10.1. The maximum Gasteiger partial charge on any atom is 0.374 e. The van der Waals surface area contributed by atoms with E-state index in [9.17, 15) is 9.90 Å². The topological polar surface area (TPSA) is 85.2 Å². The minimum Gasteiger partial charge on any atom is -0.507 e. The van der Waals surface area contributed by atoms with E-state index in [1.54, 1.807) is 6.20 Å². The molecule has 0 radical (unpaired) electrons. The molecule has 0 unspecified atom stereocenters. The van der Waals surface area contributed by atoms with Crippen LogP contribution in [0.25, 0.3) is 12.2 Å². The van der Waals surface area contributed by atoms with Gasteiger partial charge in [0, 0.05) is 23.3 Å². The van der Waals surface area contributed by atoms with Gasteiger partial charge in [-0.15, -0.1) is 11.3 Å². The molecule has 126 valence electrons. The summed E-state index contributed by atoms with van der Waals surface area (Å²) in [5.74, 6) is -0.0632. The molecular weight excluding hydrogens is 338 g/mol. The van der Waals surface area contributed by atoms with Gasteiger partial charge < -0.3 is 9.84 Å². The van der Waals surface area contributed by atoms with Crippen molar-refractivity contribution < 1.29 is 14.6 Å². The highest BCUT2D eigenvalue weighted by molar-refractivity contribution is 7.14. The van der Waals surface area contributed by atoms with Gasteiger partial charge in [0.25, 0.3) is 0 Å². The lowest BCUT2D eigenvalue weighted by Gasteiger charge is -2.04. The molecule has 3 rings (SSSR count). The molecule has 2 aromatic heterocycles. The summed E-state index contributed by atoms with van der Waals surface area (Å²) >= 11 is 1.23. The third-order valence-electron chi connectivity index (χ3n) is 3.40. The van der Waals surface area contributed by atoms with Crippen molar-refractivity contribution in [1.29, 1.82) is 0 Å². The first-order chi connectivity index (χ1) is 12.0. The largest absolute Gasteiger partial charge is 0.507 e. The summed E-state index contributed by atoms with van der Waals surface area (Å²) in [6.07, 6.45) is 8.18. The van der Waals surface area contributed by atoms with Gasteiger partial charge in [-0.05, 0) is 48.7 Å². The summed E-state index contributed by atoms with van der Waals surface area (Å²) in [4.78, 5) is 24.5. The zero-order valence-corrected chi connectivity index (χ0v) is 14.4. The zero-order chi connectivity index (χ0) is 17.8. The monoisotopic (exact) mass is 353 g/mol. The van der Waals surface area contributed by atoms with E-state index < -0.39 is 5.97 Å². The number of phenolic OH excluding ortho intramolecular Hbond substituents is 1. The molecule has 0 fully saturated rings. The van der Waals surface area contributed by atoms with Crippen LogP contribution in [-0.4, -0.2) is 26.0 Å². The van der Waals surface area contributed by atoms with Crippen LogP contribution in [0.4, 0.5) is 0 Å². The van der Waals surface area contributed by atoms with Crippen molar-refractivity contribution >= 4 is 29.5 Å². The highest BCUT2D eigenvalue weighted by Gasteiger charge is 2.13. The number of nitrogens with zero attached hydrogens (tertiary/aromatic N) is 3. The van der Waals surface area contributed by atoms with Crippen molar-refractivity contribution in [2.75, 3.05) is 0 Å². The van der Waals surface area contributed by atoms with Gasteiger partial charge in [0.15, 0.2) is 0 Å². The molecule has 0 aliphatic carbocycles. The second kappa shape index (κ2) is 7.23. The normalized spacial score (nSPS) is 11.0. The quantitative estimate of drug-likeness (QED) is 0.721. The molecule has 1 aromatic carbocycles. The number of thiazole rings is 1. The van der Waals surface area contributed by atoms with E-state index in [2.05, 4.69) is 15.0 Å². The van der Waals surface area contributed by atoms with Crippen molar-refractivity contribution in [1.82, 2.24) is 15.0 Å². The molecule has 2 heterocycles. The summed E-state index contributed by atoms with van der Waals surface area (Å²) in [5, 5.41) is 10.1. The summed E-state index contributed by atoms with van der Waals surface area (Å²) < 4.78 is 5.13. The molecule has 0 saturated carbocycles. The summed E-state index contributed by atoms with van der Waals surface area (Å²) in [5.41, 5.74) is 2.60. The Morgan fingerprint density at radius 2 is 1.96 bits per heavy atom. The molecule has 7 heteroatoms. The smallest absolute Gasteiger partial charge is 0.374 e. The van der Waals surface area contributed by atoms with Crippen molar-refractivity contribution in [2.24, 2.45) is 0 Å². The first-order valence-electron chi connectivity index (χ1n) is 7.45. The molecule has 0 atom stereocenters. The summed E-state index contributed by atoms with van der Waals surface area (Å²) in [6.45, 7) is 3.71. The minimum absolute atomic E-state index is 0.183. The second-order valence-electron chi connectivity index (χ2n) is 5.34. The standard InChI is InChI=1S/C18H15N3O3S/c1-11-7-13(8-12(2)16(11)22)3-4-14-9-20-17(25-14)18(23)24-15-5-6-19-10-21-15/h3-10,22H,1-2H3. The van der Waals surface area contributed by atoms with Crippen LogP contribution in [0.5, 0.6) is 11.6 Å². The fraction of sp³-hybridized carbons (Fsp3) is 0.111. The Hall–Kier alpha value is -3.06. The number of aryl methyl sites for hydroxylation is 2. The predicted molar refractivity (Wildman–Crippen MR) is 95.6 cm³/mol. The molecule has 0 spiro atoms. The Bertz CT molecular complexity index is 913. The second-order valence-corrected chi connectivity index (χ2v) is 6.40. The Balaban J connectivity index is 1.72. The number of aromatic nitrogens is 3. The number of esters is 1. The van der Waals surface area contributed by atoms with E-state index in [1.807, 2.05) is 38.1 Å². The number of ether oxygens (including phenoxy) is 1. The Labute approximate surface area is 148 Å². The van der Waals surface area contributed by atoms with Crippen LogP contribution >= 0.6 is 11.3 Å². The van der Waals surface area contributed by atoms with Crippen molar-refractivity contribution in [3.63, 3.8) is 0 Å². The van der Waals surface area contributed by atoms with Crippen molar-refractivity contribution in [2.45, 2.75) is 13.8 Å². The molecule has 1 N–H and O–H groups in total. The number of rotatable bonds is 4. The van der Waals surface area contributed by atoms with Crippen LogP contribution in [-0.2, 0) is 0 Å². The first kappa shape index (κ1) is 16.8. The lowest BCUT2D eigenvalue weighted by molar-refractivity contribution is 0.0727. The first-order valence-corrected chi connectivity index (χ1v) is 8.27. The van der Waals surface area contributed by atoms with Crippen LogP contribution in [0.3, 0.4) is 0 Å². The average Bonchev–Trinajstić information content (AvgIpc) is 3.08. The van der Waals surface area contributed by atoms with Crippen LogP contribution in [0.15, 0.2) is 36.9 Å². The number of phenols is 1. The van der Waals surface area contributed by atoms with Gasteiger partial charge in [-0.2, -0.15) is 0 Å². The Morgan fingerprint density at radius 1 is 1.20 bits per heavy atom. The van der Waals surface area contributed by atoms with E-state index in [0.29, 0.717) is 5.75 Å². The molecule has 6 nitrogen and oxygen atoms in total. The van der Waals surface area contributed by atoms with Gasteiger partial charge in [-0.25, -0.2) is 19.7 Å². The third kappa shape index (κ3) is 4.07. The highest BCUT2D eigenvalue weighted by atomic mass is 32.1. The summed E-state index contributed by atoms with van der Waals surface area (Å²) in [7, 11) is 0. The minimum atomic E-state index is -0.556. The lowest BCUT2D eigenvalue weighted by Crippen LogP contribution is -2.08. The number of benzene rings is 1. The number of aromatic hydroxyl groups is 1.